The van der Waals surface area contributed by atoms with Gasteiger partial charge in [-0.1, -0.05) is 0 Å². The fourth-order valence-electron chi connectivity index (χ4n) is 1.05. The van der Waals surface area contributed by atoms with Gasteiger partial charge in [-0.25, -0.2) is 13.1 Å². The van der Waals surface area contributed by atoms with Gasteiger partial charge in [0.05, 0.1) is 12.1 Å². The van der Waals surface area contributed by atoms with Crippen LogP contribution in [0.25, 0.3) is 0 Å². The number of aryl methyl sites for hydroxylation is 1. The van der Waals surface area contributed by atoms with Crippen LogP contribution in [0.3, 0.4) is 0 Å². The van der Waals surface area contributed by atoms with Gasteiger partial charge in [0, 0.05) is 10.6 Å². The lowest BCUT2D eigenvalue weighted by atomic mass is 10.1. The van der Waals surface area contributed by atoms with Crippen molar-refractivity contribution in [3.8, 4) is 0 Å². The van der Waals surface area contributed by atoms with Crippen molar-refractivity contribution in [2.75, 3.05) is 12.3 Å². The minimum Gasteiger partial charge on any atom is -0.398 e. The number of nitrogen functional groups attached to an aromatic ring is 1. The van der Waals surface area contributed by atoms with Crippen molar-refractivity contribution < 1.29 is 13.5 Å². The number of anilines is 1. The smallest absolute Gasteiger partial charge is 0.250 e. The molecule has 92 valence electrons. The first kappa shape index (κ1) is 13.4. The molecule has 1 aromatic rings. The van der Waals surface area contributed by atoms with Crippen LogP contribution in [-0.4, -0.2) is 25.7 Å². The molecule has 1 aromatic heterocycles. The Morgan fingerprint density at radius 1 is 1.56 bits per heavy atom. The van der Waals surface area contributed by atoms with Crippen LogP contribution < -0.4 is 10.5 Å². The Bertz CT molecular complexity index is 457. The van der Waals surface area contributed by atoms with E-state index in [0.29, 0.717) is 5.69 Å². The Morgan fingerprint density at radius 3 is 2.50 bits per heavy atom. The second-order valence-corrected chi connectivity index (χ2v) is 7.39. The average molecular weight is 264 g/mol. The lowest BCUT2D eigenvalue weighted by molar-refractivity contribution is 0.208. The van der Waals surface area contributed by atoms with Gasteiger partial charge in [0.15, 0.2) is 0 Å². The van der Waals surface area contributed by atoms with Crippen molar-refractivity contribution >= 4 is 27.0 Å². The van der Waals surface area contributed by atoms with Gasteiger partial charge in [-0.15, -0.1) is 11.3 Å². The molecular formula is C9H16N2O3S2. The number of nitrogens with two attached hydrogens (primary N) is 1. The Labute approximate surface area is 99.3 Å². The molecule has 0 spiro atoms. The first-order chi connectivity index (χ1) is 7.18. The minimum absolute atomic E-state index is 0.170. The van der Waals surface area contributed by atoms with E-state index >= 15 is 0 Å². The maximum absolute atomic E-state index is 11.9. The molecule has 0 saturated heterocycles. The Morgan fingerprint density at radius 2 is 2.12 bits per heavy atom. The quantitative estimate of drug-likeness (QED) is 0.746. The fourth-order valence-corrected chi connectivity index (χ4v) is 3.82. The fraction of sp³-hybridized carbons (Fsp3) is 0.556. The number of thiophene rings is 1. The monoisotopic (exact) mass is 264 g/mol. The molecule has 4 N–H and O–H groups in total. The van der Waals surface area contributed by atoms with E-state index in [2.05, 4.69) is 4.72 Å². The summed E-state index contributed by atoms with van der Waals surface area (Å²) in [6.07, 6.45) is 0. The van der Waals surface area contributed by atoms with Crippen LogP contribution in [0.1, 0.15) is 18.7 Å². The summed E-state index contributed by atoms with van der Waals surface area (Å²) in [6.45, 7) is 4.70. The number of nitrogens with one attached hydrogen (secondary N) is 1. The highest BCUT2D eigenvalue weighted by molar-refractivity contribution is 7.91. The molecule has 0 aliphatic rings. The lowest BCUT2D eigenvalue weighted by Gasteiger charge is -2.22. The molecular weight excluding hydrogens is 248 g/mol. The molecule has 0 aliphatic carbocycles. The summed E-state index contributed by atoms with van der Waals surface area (Å²) in [5, 5.41) is 9.02. The van der Waals surface area contributed by atoms with Crippen molar-refractivity contribution in [3.05, 3.63) is 10.9 Å². The zero-order valence-electron chi connectivity index (χ0n) is 9.44. The van der Waals surface area contributed by atoms with Crippen molar-refractivity contribution in [2.45, 2.75) is 30.5 Å². The van der Waals surface area contributed by atoms with Crippen molar-refractivity contribution in [1.29, 1.82) is 0 Å². The third-order valence-electron chi connectivity index (χ3n) is 2.00. The van der Waals surface area contributed by atoms with E-state index in [1.807, 2.05) is 0 Å². The number of aliphatic hydroxyl groups excluding tert-OH is 1. The lowest BCUT2D eigenvalue weighted by Crippen LogP contribution is -2.45. The zero-order chi connectivity index (χ0) is 12.6. The number of aliphatic hydroxyl groups is 1. The van der Waals surface area contributed by atoms with E-state index in [1.54, 1.807) is 20.8 Å². The molecule has 0 atom stereocenters. The first-order valence-corrected chi connectivity index (χ1v) is 6.99. The molecule has 1 rings (SSSR count). The summed E-state index contributed by atoms with van der Waals surface area (Å²) in [5.41, 5.74) is 5.18. The van der Waals surface area contributed by atoms with Gasteiger partial charge in [-0.2, -0.15) is 0 Å². The topological polar surface area (TPSA) is 92.4 Å². The van der Waals surface area contributed by atoms with E-state index in [4.69, 9.17) is 10.8 Å². The predicted octanol–water partition coefficient (Wildman–Crippen LogP) is 0.688. The summed E-state index contributed by atoms with van der Waals surface area (Å²) in [4.78, 5) is 0.766. The third kappa shape index (κ3) is 2.94. The van der Waals surface area contributed by atoms with Gasteiger partial charge in [-0.3, -0.25) is 0 Å². The summed E-state index contributed by atoms with van der Waals surface area (Å²) < 4.78 is 26.4. The standard InChI is InChI=1S/C9H16N2O3S2/c1-6-7(10)4-8(15-6)16(13,14)11-9(2,3)5-12/h4,11-12H,5,10H2,1-3H3. The predicted molar refractivity (Wildman–Crippen MR) is 65.0 cm³/mol. The third-order valence-corrected chi connectivity index (χ3v) is 5.24. The first-order valence-electron chi connectivity index (χ1n) is 4.69. The molecule has 0 fully saturated rings. The van der Waals surface area contributed by atoms with Crippen molar-refractivity contribution in [1.82, 2.24) is 4.72 Å². The van der Waals surface area contributed by atoms with Gasteiger partial charge < -0.3 is 10.8 Å². The normalized spacial score (nSPS) is 13.0. The summed E-state index contributed by atoms with van der Waals surface area (Å²) in [5.74, 6) is 0. The molecule has 0 radical (unpaired) electrons. The second-order valence-electron chi connectivity index (χ2n) is 4.22. The van der Waals surface area contributed by atoms with Gasteiger partial charge in [0.1, 0.15) is 4.21 Å². The van der Waals surface area contributed by atoms with Crippen LogP contribution in [-0.2, 0) is 10.0 Å². The van der Waals surface area contributed by atoms with Crippen LogP contribution in [0.2, 0.25) is 0 Å². The van der Waals surface area contributed by atoms with Gasteiger partial charge in [0.2, 0.25) is 0 Å². The van der Waals surface area contributed by atoms with Crippen LogP contribution in [0.5, 0.6) is 0 Å². The number of sulfonamides is 1. The van der Waals surface area contributed by atoms with Gasteiger partial charge in [0.25, 0.3) is 10.0 Å². The van der Waals surface area contributed by atoms with E-state index in [9.17, 15) is 8.42 Å². The van der Waals surface area contributed by atoms with Crippen LogP contribution in [0.4, 0.5) is 5.69 Å². The van der Waals surface area contributed by atoms with E-state index in [-0.39, 0.29) is 10.8 Å². The molecule has 0 amide bonds. The highest BCUT2D eigenvalue weighted by atomic mass is 32.2. The van der Waals surface area contributed by atoms with Crippen LogP contribution in [0.15, 0.2) is 10.3 Å². The van der Waals surface area contributed by atoms with Gasteiger partial charge >= 0.3 is 0 Å². The van der Waals surface area contributed by atoms with Crippen LogP contribution in [0, 0.1) is 6.92 Å². The second kappa shape index (κ2) is 4.33. The highest BCUT2D eigenvalue weighted by Gasteiger charge is 2.27. The van der Waals surface area contributed by atoms with Crippen molar-refractivity contribution in [3.63, 3.8) is 0 Å². The summed E-state index contributed by atoms with van der Waals surface area (Å²) >= 11 is 1.12. The molecule has 0 aliphatic heterocycles. The summed E-state index contributed by atoms with van der Waals surface area (Å²) in [7, 11) is -3.60. The van der Waals surface area contributed by atoms with Crippen LogP contribution >= 0.6 is 11.3 Å². The Balaban J connectivity index is 3.04. The Hall–Kier alpha value is -0.630. The SMILES string of the molecule is Cc1sc(S(=O)(=O)NC(C)(C)CO)cc1N. The minimum atomic E-state index is -3.60. The maximum atomic E-state index is 11.9. The molecule has 0 bridgehead atoms. The highest BCUT2D eigenvalue weighted by Crippen LogP contribution is 2.27. The van der Waals surface area contributed by atoms with E-state index in [1.165, 1.54) is 6.07 Å². The average Bonchev–Trinajstić information content (AvgIpc) is 2.46. The zero-order valence-corrected chi connectivity index (χ0v) is 11.1. The number of rotatable bonds is 4. The van der Waals surface area contributed by atoms with Gasteiger partial charge in [-0.05, 0) is 26.8 Å². The van der Waals surface area contributed by atoms with E-state index in [0.717, 1.165) is 16.2 Å². The molecule has 0 unspecified atom stereocenters. The molecule has 0 aromatic carbocycles. The Kier molecular flexibility index (Phi) is 3.63. The largest absolute Gasteiger partial charge is 0.398 e. The molecule has 0 saturated carbocycles. The summed E-state index contributed by atoms with van der Waals surface area (Å²) in [6, 6.07) is 1.43. The molecule has 7 heteroatoms. The molecule has 1 heterocycles. The maximum Gasteiger partial charge on any atom is 0.250 e. The number of hydrogen-bond acceptors (Lipinski definition) is 5. The molecule has 5 nitrogen and oxygen atoms in total. The molecule has 16 heavy (non-hydrogen) atoms. The van der Waals surface area contributed by atoms with E-state index < -0.39 is 15.6 Å². The van der Waals surface area contributed by atoms with Crippen molar-refractivity contribution in [2.24, 2.45) is 0 Å². The number of hydrogen-bond donors (Lipinski definition) is 3.